The molecule has 0 fully saturated rings. The summed E-state index contributed by atoms with van der Waals surface area (Å²) in [4.78, 5) is 0. The summed E-state index contributed by atoms with van der Waals surface area (Å²) < 4.78 is 7.49. The lowest BCUT2D eigenvalue weighted by molar-refractivity contribution is 0.777. The van der Waals surface area contributed by atoms with Gasteiger partial charge in [0.2, 0.25) is 0 Å². The van der Waals surface area contributed by atoms with E-state index in [2.05, 4.69) is 190 Å². The summed E-state index contributed by atoms with van der Waals surface area (Å²) in [6.45, 7) is 0. The van der Waals surface area contributed by atoms with Crippen molar-refractivity contribution < 1.29 is 0 Å². The number of benzene rings is 9. The van der Waals surface area contributed by atoms with Gasteiger partial charge in [0, 0.05) is 48.8 Å². The van der Waals surface area contributed by atoms with Gasteiger partial charge in [-0.3, -0.25) is 0 Å². The normalized spacial score (nSPS) is 12.3. The van der Waals surface area contributed by atoms with Crippen molar-refractivity contribution in [3.05, 3.63) is 176 Å². The third-order valence-electron chi connectivity index (χ3n) is 11.2. The Balaban J connectivity index is 1.46. The van der Waals surface area contributed by atoms with E-state index in [1.54, 1.807) is 0 Å². The number of hydrogen-bond acceptors (Lipinski definition) is 0. The molecule has 3 heteroatoms. The number of aromatic nitrogens is 3. The van der Waals surface area contributed by atoms with E-state index in [0.29, 0.717) is 0 Å². The quantitative estimate of drug-likeness (QED) is 0.166. The average molecular weight is 648 g/mol. The van der Waals surface area contributed by atoms with Gasteiger partial charge >= 0.3 is 0 Å². The first kappa shape index (κ1) is 27.0. The Morgan fingerprint density at radius 1 is 0.255 bits per heavy atom. The fourth-order valence-corrected chi connectivity index (χ4v) is 9.17. The zero-order valence-corrected chi connectivity index (χ0v) is 27.6. The Labute approximate surface area is 292 Å². The minimum atomic E-state index is 1.16. The molecule has 12 rings (SSSR count). The number of fused-ring (bicyclic) bond motifs is 17. The van der Waals surface area contributed by atoms with Crippen LogP contribution in [0.4, 0.5) is 0 Å². The van der Waals surface area contributed by atoms with Crippen molar-refractivity contribution in [3.63, 3.8) is 0 Å². The fraction of sp³-hybridized carbons (Fsp3) is 0. The molecule has 3 heterocycles. The van der Waals surface area contributed by atoms with Crippen molar-refractivity contribution in [2.75, 3.05) is 0 Å². The second kappa shape index (κ2) is 9.87. The molecule has 0 aliphatic heterocycles. The van der Waals surface area contributed by atoms with Crippen LogP contribution in [0.5, 0.6) is 0 Å². The average Bonchev–Trinajstić information content (AvgIpc) is 3.84. The smallest absolute Gasteiger partial charge is 0.0823 e. The van der Waals surface area contributed by atoms with Gasteiger partial charge in [0.1, 0.15) is 0 Å². The van der Waals surface area contributed by atoms with Crippen molar-refractivity contribution in [3.8, 4) is 5.69 Å². The number of hydrogen-bond donors (Lipinski definition) is 0. The molecule has 0 spiro atoms. The summed E-state index contributed by atoms with van der Waals surface area (Å²) in [5.74, 6) is 0. The van der Waals surface area contributed by atoms with E-state index in [-0.39, 0.29) is 0 Å². The molecule has 0 saturated heterocycles. The number of rotatable bonds is 2. The fourth-order valence-electron chi connectivity index (χ4n) is 9.17. The molecule has 51 heavy (non-hydrogen) atoms. The van der Waals surface area contributed by atoms with Crippen molar-refractivity contribution in [1.82, 2.24) is 13.9 Å². The van der Waals surface area contributed by atoms with Gasteiger partial charge in [-0.05, 0) is 57.9 Å². The van der Waals surface area contributed by atoms with Crippen molar-refractivity contribution >= 4 is 97.7 Å². The van der Waals surface area contributed by atoms with Gasteiger partial charge in [-0.1, -0.05) is 140 Å². The van der Waals surface area contributed by atoms with Crippen LogP contribution in [0, 0.1) is 0 Å². The maximum absolute atomic E-state index is 2.53. The van der Waals surface area contributed by atoms with Crippen LogP contribution in [0.3, 0.4) is 0 Å². The molecule has 0 atom stereocenters. The first-order valence-electron chi connectivity index (χ1n) is 17.6. The van der Waals surface area contributed by atoms with Crippen molar-refractivity contribution in [2.45, 2.75) is 0 Å². The molecule has 12 aromatic rings. The van der Waals surface area contributed by atoms with Crippen LogP contribution >= 0.6 is 0 Å². The van der Waals surface area contributed by atoms with Crippen LogP contribution < -0.4 is 0 Å². The molecular weight excluding hydrogens is 619 g/mol. The highest BCUT2D eigenvalue weighted by atomic mass is 15.5. The van der Waals surface area contributed by atoms with Gasteiger partial charge in [0.05, 0.1) is 33.1 Å². The molecule has 0 N–H and O–H groups in total. The molecule has 3 nitrogen and oxygen atoms in total. The van der Waals surface area contributed by atoms with Gasteiger partial charge in [-0.2, -0.15) is 0 Å². The number of nitrogens with zero attached hydrogens (tertiary/aromatic N) is 3. The van der Waals surface area contributed by atoms with Crippen LogP contribution in [0.15, 0.2) is 176 Å². The highest BCUT2D eigenvalue weighted by Crippen LogP contribution is 2.49. The molecule has 0 radical (unpaired) electrons. The van der Waals surface area contributed by atoms with E-state index >= 15 is 0 Å². The second-order valence-electron chi connectivity index (χ2n) is 13.7. The predicted molar refractivity (Wildman–Crippen MR) is 217 cm³/mol. The van der Waals surface area contributed by atoms with Gasteiger partial charge < -0.3 is 4.57 Å². The minimum Gasteiger partial charge on any atom is -0.309 e. The molecule has 0 aliphatic carbocycles. The summed E-state index contributed by atoms with van der Waals surface area (Å²) >= 11 is 0. The van der Waals surface area contributed by atoms with E-state index in [1.165, 1.54) is 97.7 Å². The highest BCUT2D eigenvalue weighted by Gasteiger charge is 2.27. The predicted octanol–water partition coefficient (Wildman–Crippen LogP) is 12.8. The van der Waals surface area contributed by atoms with Gasteiger partial charge in [0.15, 0.2) is 0 Å². The Morgan fingerprint density at radius 3 is 1.47 bits per heavy atom. The molecule has 0 saturated carbocycles. The summed E-state index contributed by atoms with van der Waals surface area (Å²) in [6.07, 6.45) is 0. The maximum atomic E-state index is 2.53. The van der Waals surface area contributed by atoms with Gasteiger partial charge in [-0.25, -0.2) is 9.35 Å². The molecule has 0 bridgehead atoms. The first-order valence-corrected chi connectivity index (χ1v) is 17.6. The topological polar surface area (TPSA) is 14.8 Å². The molecule has 0 amide bonds. The lowest BCUT2D eigenvalue weighted by Crippen LogP contribution is -2.08. The molecule has 0 unspecified atom stereocenters. The van der Waals surface area contributed by atoms with Crippen molar-refractivity contribution in [2.24, 2.45) is 0 Å². The first-order chi connectivity index (χ1) is 25.4. The van der Waals surface area contributed by atoms with Crippen LogP contribution in [0.2, 0.25) is 0 Å². The summed E-state index contributed by atoms with van der Waals surface area (Å²) in [5, 5.41) is 15.2. The Hall–Kier alpha value is -6.84. The van der Waals surface area contributed by atoms with E-state index in [9.17, 15) is 0 Å². The van der Waals surface area contributed by atoms with Crippen LogP contribution in [-0.2, 0) is 0 Å². The van der Waals surface area contributed by atoms with Crippen molar-refractivity contribution in [1.29, 1.82) is 0 Å². The number of para-hydroxylation sites is 5. The van der Waals surface area contributed by atoms with Gasteiger partial charge in [-0.15, -0.1) is 0 Å². The minimum absolute atomic E-state index is 1.16. The monoisotopic (exact) mass is 647 g/mol. The largest absolute Gasteiger partial charge is 0.309 e. The van der Waals surface area contributed by atoms with Crippen LogP contribution in [-0.4, -0.2) is 13.9 Å². The molecule has 236 valence electrons. The summed E-state index contributed by atoms with van der Waals surface area (Å²) in [7, 11) is 0. The van der Waals surface area contributed by atoms with Gasteiger partial charge in [0.25, 0.3) is 0 Å². The molecule has 9 aromatic carbocycles. The lowest BCUT2D eigenvalue weighted by atomic mass is 9.92. The van der Waals surface area contributed by atoms with E-state index in [1.807, 2.05) is 0 Å². The molecule has 3 aromatic heterocycles. The maximum Gasteiger partial charge on any atom is 0.0823 e. The zero-order valence-electron chi connectivity index (χ0n) is 27.6. The Kier molecular flexibility index (Phi) is 5.23. The van der Waals surface area contributed by atoms with E-state index in [4.69, 9.17) is 0 Å². The second-order valence-corrected chi connectivity index (χ2v) is 13.7. The molecule has 0 aliphatic rings. The molecular formula is C48H29N3. The Bertz CT molecular complexity index is 3360. The SMILES string of the molecule is c1ccc(-n2c3ccccc3c3c2c2ccc4c5ccccc5ccc4c2c2c4ccccc4n(-n4c5ccccc5c5ccccc54)c23)cc1. The van der Waals surface area contributed by atoms with E-state index in [0.717, 1.165) is 5.69 Å². The third-order valence-corrected chi connectivity index (χ3v) is 11.2. The summed E-state index contributed by atoms with van der Waals surface area (Å²) in [6, 6.07) is 64.7. The van der Waals surface area contributed by atoms with Crippen LogP contribution in [0.25, 0.3) is 103 Å². The standard InChI is InChI=1S/C48H29N3/c1-2-15-31(16-3-1)49-40-22-10-8-20-37(40)46-47(49)39-29-28-33-32-17-5-4-14-30(32)26-27-36(33)44(39)45-38-21-9-13-25-43(38)51(48(45)46)50-41-23-11-6-18-34(41)35-19-7-12-24-42(35)50/h1-29H. The summed E-state index contributed by atoms with van der Waals surface area (Å²) in [5.41, 5.74) is 8.35. The van der Waals surface area contributed by atoms with Crippen LogP contribution in [0.1, 0.15) is 0 Å². The zero-order chi connectivity index (χ0) is 33.2. The Morgan fingerprint density at radius 2 is 0.765 bits per heavy atom. The lowest BCUT2D eigenvalue weighted by Gasteiger charge is -2.16. The van der Waals surface area contributed by atoms with E-state index < -0.39 is 0 Å². The highest BCUT2D eigenvalue weighted by molar-refractivity contribution is 6.41. The third kappa shape index (κ3) is 3.42.